The van der Waals surface area contributed by atoms with Crippen molar-refractivity contribution in [2.45, 2.75) is 37.9 Å². The number of rotatable bonds is 5. The largest absolute Gasteiger partial charge is 0.389 e. The summed E-state index contributed by atoms with van der Waals surface area (Å²) < 4.78 is 37.2. The molecule has 0 saturated heterocycles. The monoisotopic (exact) mass is 468 g/mol. The molecular weight excluding hydrogens is 445 g/mol. The fourth-order valence-electron chi connectivity index (χ4n) is 4.51. The number of nitrogens with one attached hydrogen (secondary N) is 2. The van der Waals surface area contributed by atoms with Gasteiger partial charge in [0.2, 0.25) is 0 Å². The number of benzene rings is 2. The van der Waals surface area contributed by atoms with Gasteiger partial charge < -0.3 is 15.5 Å². The first kappa shape index (κ1) is 23.4. The van der Waals surface area contributed by atoms with Crippen LogP contribution in [0.1, 0.15) is 36.0 Å². The summed E-state index contributed by atoms with van der Waals surface area (Å²) in [5, 5.41) is 15.4. The first-order valence-corrected chi connectivity index (χ1v) is 10.8. The normalized spacial score (nSPS) is 19.8. The molecule has 2 amide bonds. The Morgan fingerprint density at radius 2 is 1.88 bits per heavy atom. The number of aryl methyl sites for hydroxylation is 1. The van der Waals surface area contributed by atoms with Gasteiger partial charge in [-0.2, -0.15) is 18.4 Å². The first-order chi connectivity index (χ1) is 16.1. The molecule has 34 heavy (non-hydrogen) atoms. The van der Waals surface area contributed by atoms with Crippen LogP contribution in [0.2, 0.25) is 0 Å². The Balaban J connectivity index is 1.67. The van der Waals surface area contributed by atoms with E-state index in [0.29, 0.717) is 28.1 Å². The van der Waals surface area contributed by atoms with Crippen LogP contribution in [0.25, 0.3) is 5.57 Å². The smallest absolute Gasteiger partial charge is 0.385 e. The molecule has 2 aliphatic heterocycles. The molecule has 0 saturated carbocycles. The van der Waals surface area contributed by atoms with Crippen molar-refractivity contribution in [3.05, 3.63) is 64.7 Å². The molecule has 176 valence electrons. The Labute approximate surface area is 195 Å². The number of nitriles is 1. The van der Waals surface area contributed by atoms with E-state index in [1.165, 1.54) is 4.90 Å². The maximum Gasteiger partial charge on any atom is 0.389 e. The van der Waals surface area contributed by atoms with Gasteiger partial charge in [-0.1, -0.05) is 35.9 Å². The van der Waals surface area contributed by atoms with Gasteiger partial charge in [0.15, 0.2) is 5.54 Å². The molecule has 2 heterocycles. The van der Waals surface area contributed by atoms with Crippen molar-refractivity contribution < 1.29 is 22.8 Å². The SMILES string of the molecule is Cc1ccc(C2=C(C#N)C(=O)NC3(C2)C(=O)N(C)c2cc(NCCCC(F)(F)F)ccc23)cc1. The van der Waals surface area contributed by atoms with Crippen LogP contribution in [-0.4, -0.2) is 31.6 Å². The van der Waals surface area contributed by atoms with E-state index < -0.39 is 24.0 Å². The second-order valence-electron chi connectivity index (χ2n) is 8.61. The molecule has 9 heteroatoms. The number of alkyl halides is 3. The van der Waals surface area contributed by atoms with E-state index in [2.05, 4.69) is 10.6 Å². The van der Waals surface area contributed by atoms with E-state index in [-0.39, 0.29) is 30.9 Å². The maximum absolute atomic E-state index is 13.5. The lowest BCUT2D eigenvalue weighted by Gasteiger charge is -2.34. The summed E-state index contributed by atoms with van der Waals surface area (Å²) in [6.45, 7) is 2.06. The van der Waals surface area contributed by atoms with Gasteiger partial charge in [-0.15, -0.1) is 0 Å². The standard InChI is InChI=1S/C25H23F3N4O2/c1-15-4-6-16(7-5-15)18-13-24(31-22(33)19(18)14-29)20-9-8-17(12-21(20)32(2)23(24)34)30-11-3-10-25(26,27)28/h4-9,12,30H,3,10-11,13H2,1-2H3,(H,31,33). The minimum atomic E-state index is -4.21. The first-order valence-electron chi connectivity index (χ1n) is 10.8. The van der Waals surface area contributed by atoms with Crippen LogP contribution in [0, 0.1) is 18.3 Å². The van der Waals surface area contributed by atoms with E-state index in [4.69, 9.17) is 0 Å². The minimum absolute atomic E-state index is 0.0265. The minimum Gasteiger partial charge on any atom is -0.385 e. The second-order valence-corrected chi connectivity index (χ2v) is 8.61. The highest BCUT2D eigenvalue weighted by Crippen LogP contribution is 2.48. The van der Waals surface area contributed by atoms with Crippen LogP contribution in [0.15, 0.2) is 48.0 Å². The number of anilines is 2. The van der Waals surface area contributed by atoms with Crippen LogP contribution in [0.3, 0.4) is 0 Å². The highest BCUT2D eigenvalue weighted by molar-refractivity contribution is 6.16. The van der Waals surface area contributed by atoms with Crippen molar-refractivity contribution in [2.75, 3.05) is 23.8 Å². The van der Waals surface area contributed by atoms with Crippen LogP contribution in [0.4, 0.5) is 24.5 Å². The molecule has 1 atom stereocenters. The summed E-state index contributed by atoms with van der Waals surface area (Å²) >= 11 is 0. The molecule has 6 nitrogen and oxygen atoms in total. The summed E-state index contributed by atoms with van der Waals surface area (Å²) in [7, 11) is 1.59. The molecule has 0 bridgehead atoms. The van der Waals surface area contributed by atoms with E-state index in [0.717, 1.165) is 5.56 Å². The average molecular weight is 468 g/mol. The summed E-state index contributed by atoms with van der Waals surface area (Å²) in [6, 6.07) is 14.5. The van der Waals surface area contributed by atoms with Gasteiger partial charge in [0.1, 0.15) is 11.6 Å². The van der Waals surface area contributed by atoms with Gasteiger partial charge in [-0.05, 0) is 36.6 Å². The number of fused-ring (bicyclic) bond motifs is 2. The van der Waals surface area contributed by atoms with Crippen molar-refractivity contribution in [2.24, 2.45) is 0 Å². The van der Waals surface area contributed by atoms with Crippen molar-refractivity contribution in [3.8, 4) is 6.07 Å². The molecule has 2 N–H and O–H groups in total. The fraction of sp³-hybridized carbons (Fsp3) is 0.320. The van der Waals surface area contributed by atoms with Crippen molar-refractivity contribution in [3.63, 3.8) is 0 Å². The summed E-state index contributed by atoms with van der Waals surface area (Å²) in [5.41, 5.74) is 2.53. The van der Waals surface area contributed by atoms with Gasteiger partial charge in [-0.25, -0.2) is 0 Å². The predicted octanol–water partition coefficient (Wildman–Crippen LogP) is 4.42. The number of hydrogen-bond acceptors (Lipinski definition) is 4. The lowest BCUT2D eigenvalue weighted by molar-refractivity contribution is -0.134. The predicted molar refractivity (Wildman–Crippen MR) is 122 cm³/mol. The zero-order valence-corrected chi connectivity index (χ0v) is 18.7. The molecule has 0 aromatic heterocycles. The number of hydrogen-bond donors (Lipinski definition) is 2. The number of carbonyl (C=O) groups is 2. The molecule has 1 unspecified atom stereocenters. The van der Waals surface area contributed by atoms with E-state index in [1.807, 2.05) is 37.3 Å². The third-order valence-electron chi connectivity index (χ3n) is 6.26. The molecular formula is C25H23F3N4O2. The van der Waals surface area contributed by atoms with E-state index in [1.54, 1.807) is 25.2 Å². The third kappa shape index (κ3) is 4.12. The fourth-order valence-corrected chi connectivity index (χ4v) is 4.51. The van der Waals surface area contributed by atoms with Crippen LogP contribution in [0.5, 0.6) is 0 Å². The molecule has 0 radical (unpaired) electrons. The van der Waals surface area contributed by atoms with Crippen molar-refractivity contribution in [1.82, 2.24) is 5.32 Å². The lowest BCUT2D eigenvalue weighted by Crippen LogP contribution is -2.55. The number of nitrogens with zero attached hydrogens (tertiary/aromatic N) is 2. The van der Waals surface area contributed by atoms with Crippen LogP contribution in [-0.2, 0) is 15.1 Å². The number of likely N-dealkylation sites (N-methyl/N-ethyl adjacent to an activating group) is 1. The topological polar surface area (TPSA) is 85.2 Å². The van der Waals surface area contributed by atoms with Crippen LogP contribution < -0.4 is 15.5 Å². The lowest BCUT2D eigenvalue weighted by atomic mass is 9.78. The highest BCUT2D eigenvalue weighted by Gasteiger charge is 2.54. The van der Waals surface area contributed by atoms with Gasteiger partial charge in [0.25, 0.3) is 11.8 Å². The third-order valence-corrected chi connectivity index (χ3v) is 6.26. The second kappa shape index (κ2) is 8.52. The molecule has 1 spiro atoms. The van der Waals surface area contributed by atoms with Gasteiger partial charge in [0.05, 0.1) is 5.69 Å². The number of halogens is 3. The molecule has 0 aliphatic carbocycles. The summed E-state index contributed by atoms with van der Waals surface area (Å²) in [4.78, 5) is 27.8. The Morgan fingerprint density at radius 3 is 2.53 bits per heavy atom. The number of amides is 2. The Kier molecular flexibility index (Phi) is 5.86. The zero-order chi connectivity index (χ0) is 24.7. The Hall–Kier alpha value is -3.80. The molecule has 2 aromatic rings. The summed E-state index contributed by atoms with van der Waals surface area (Å²) in [5.74, 6) is -0.958. The van der Waals surface area contributed by atoms with E-state index in [9.17, 15) is 28.0 Å². The molecule has 2 aromatic carbocycles. The van der Waals surface area contributed by atoms with Gasteiger partial charge in [-0.3, -0.25) is 9.59 Å². The van der Waals surface area contributed by atoms with E-state index >= 15 is 0 Å². The molecule has 0 fully saturated rings. The molecule has 4 rings (SSSR count). The summed E-state index contributed by atoms with van der Waals surface area (Å²) in [6.07, 6.45) is -5.05. The van der Waals surface area contributed by atoms with Crippen LogP contribution >= 0.6 is 0 Å². The Morgan fingerprint density at radius 1 is 1.18 bits per heavy atom. The highest BCUT2D eigenvalue weighted by atomic mass is 19.4. The van der Waals surface area contributed by atoms with Gasteiger partial charge in [0, 0.05) is 37.7 Å². The Bertz CT molecular complexity index is 1230. The van der Waals surface area contributed by atoms with Crippen molar-refractivity contribution in [1.29, 1.82) is 5.26 Å². The van der Waals surface area contributed by atoms with Gasteiger partial charge >= 0.3 is 6.18 Å². The zero-order valence-electron chi connectivity index (χ0n) is 18.7. The maximum atomic E-state index is 13.5. The quantitative estimate of drug-likeness (QED) is 0.637. The average Bonchev–Trinajstić information content (AvgIpc) is 2.98. The van der Waals surface area contributed by atoms with Crippen molar-refractivity contribution >= 4 is 28.8 Å². The number of carbonyl (C=O) groups excluding carboxylic acids is 2. The molecule has 2 aliphatic rings.